The summed E-state index contributed by atoms with van der Waals surface area (Å²) >= 11 is 6.56. The second kappa shape index (κ2) is 12.7. The van der Waals surface area contributed by atoms with Gasteiger partial charge in [0.25, 0.3) is 0 Å². The van der Waals surface area contributed by atoms with Gasteiger partial charge in [0.1, 0.15) is 0 Å². The molecule has 2 nitrogen and oxygen atoms in total. The highest BCUT2D eigenvalue weighted by atomic mass is 35.5. The van der Waals surface area contributed by atoms with Crippen molar-refractivity contribution < 1.29 is 5.11 Å². The van der Waals surface area contributed by atoms with Crippen LogP contribution in [0, 0.1) is 0 Å². The third kappa shape index (κ3) is 6.62. The Morgan fingerprint density at radius 3 is 2.04 bits per heavy atom. The van der Waals surface area contributed by atoms with Gasteiger partial charge in [0, 0.05) is 16.1 Å². The van der Waals surface area contributed by atoms with Gasteiger partial charge in [-0.25, -0.2) is 0 Å². The Bertz CT molecular complexity index is 692. The van der Waals surface area contributed by atoms with E-state index in [1.165, 1.54) is 38.5 Å². The van der Waals surface area contributed by atoms with E-state index in [4.69, 9.17) is 17.3 Å². The highest BCUT2D eigenvalue weighted by Crippen LogP contribution is 2.40. The summed E-state index contributed by atoms with van der Waals surface area (Å²) in [6.07, 6.45) is 10.2. The van der Waals surface area contributed by atoms with Gasteiger partial charge in [-0.05, 0) is 29.7 Å². The Labute approximate surface area is 182 Å². The topological polar surface area (TPSA) is 46.2 Å². The molecule has 2 aromatic carbocycles. The average Bonchev–Trinajstić information content (AvgIpc) is 2.68. The third-order valence-electron chi connectivity index (χ3n) is 5.73. The first-order valence-corrected chi connectivity index (χ1v) is 11.1. The molecule has 0 aliphatic rings. The van der Waals surface area contributed by atoms with Gasteiger partial charge in [0.05, 0.1) is 6.10 Å². The molecule has 0 spiro atoms. The standard InChI is InChI=1S/C24H36ClNO.ClH/c1-3-5-7-11-17-24(26,18-12-8-6-4-2)23(27)22-20-14-10-9-13-19(20)15-16-21(22)25;/h9-10,13-16,23,27H,3-8,11-12,17-18,26H2,1-2H3;1H. The normalized spacial score (nSPS) is 12.8. The molecule has 0 bridgehead atoms. The molecule has 28 heavy (non-hydrogen) atoms. The Kier molecular flexibility index (Phi) is 11.4. The van der Waals surface area contributed by atoms with Crippen LogP contribution in [0.1, 0.15) is 89.7 Å². The van der Waals surface area contributed by atoms with Crippen molar-refractivity contribution in [3.05, 3.63) is 47.0 Å². The summed E-state index contributed by atoms with van der Waals surface area (Å²) < 4.78 is 0. The lowest BCUT2D eigenvalue weighted by molar-refractivity contribution is 0.0694. The fraction of sp³-hybridized carbons (Fsp3) is 0.583. The van der Waals surface area contributed by atoms with Crippen molar-refractivity contribution in [2.24, 2.45) is 5.73 Å². The van der Waals surface area contributed by atoms with Crippen LogP contribution in [0.25, 0.3) is 10.8 Å². The van der Waals surface area contributed by atoms with Crippen LogP contribution in [-0.2, 0) is 0 Å². The number of unbranched alkanes of at least 4 members (excludes halogenated alkanes) is 6. The zero-order chi connectivity index (χ0) is 19.7. The van der Waals surface area contributed by atoms with Crippen molar-refractivity contribution in [2.75, 3.05) is 0 Å². The quantitative estimate of drug-likeness (QED) is 0.344. The number of rotatable bonds is 12. The van der Waals surface area contributed by atoms with Gasteiger partial charge < -0.3 is 10.8 Å². The van der Waals surface area contributed by atoms with Crippen molar-refractivity contribution in [1.29, 1.82) is 0 Å². The molecule has 4 heteroatoms. The fourth-order valence-electron chi connectivity index (χ4n) is 3.99. The lowest BCUT2D eigenvalue weighted by atomic mass is 9.78. The van der Waals surface area contributed by atoms with Gasteiger partial charge in [0.2, 0.25) is 0 Å². The van der Waals surface area contributed by atoms with Gasteiger partial charge in [-0.1, -0.05) is 107 Å². The molecule has 0 fully saturated rings. The smallest absolute Gasteiger partial charge is 0.0989 e. The maximum Gasteiger partial charge on any atom is 0.0989 e. The summed E-state index contributed by atoms with van der Waals surface area (Å²) in [5, 5.41) is 14.1. The third-order valence-corrected chi connectivity index (χ3v) is 6.06. The Balaban J connectivity index is 0.00000392. The van der Waals surface area contributed by atoms with Crippen molar-refractivity contribution in [1.82, 2.24) is 0 Å². The first-order valence-electron chi connectivity index (χ1n) is 10.7. The second-order valence-corrected chi connectivity index (χ2v) is 8.35. The van der Waals surface area contributed by atoms with Gasteiger partial charge in [-0.3, -0.25) is 0 Å². The van der Waals surface area contributed by atoms with Crippen molar-refractivity contribution >= 4 is 34.8 Å². The van der Waals surface area contributed by atoms with Crippen LogP contribution < -0.4 is 5.73 Å². The summed E-state index contributed by atoms with van der Waals surface area (Å²) in [7, 11) is 0. The van der Waals surface area contributed by atoms with E-state index in [-0.39, 0.29) is 12.4 Å². The van der Waals surface area contributed by atoms with E-state index >= 15 is 0 Å². The number of aliphatic hydroxyl groups excluding tert-OH is 1. The fourth-order valence-corrected chi connectivity index (χ4v) is 4.26. The van der Waals surface area contributed by atoms with Gasteiger partial charge in [-0.2, -0.15) is 0 Å². The second-order valence-electron chi connectivity index (χ2n) is 7.94. The maximum atomic E-state index is 11.4. The lowest BCUT2D eigenvalue weighted by Crippen LogP contribution is -2.46. The summed E-state index contributed by atoms with van der Waals surface area (Å²) in [4.78, 5) is 0. The maximum absolute atomic E-state index is 11.4. The molecule has 1 atom stereocenters. The molecule has 1 unspecified atom stereocenters. The highest BCUT2D eigenvalue weighted by Gasteiger charge is 2.35. The monoisotopic (exact) mass is 425 g/mol. The van der Waals surface area contributed by atoms with Crippen LogP contribution in [0.3, 0.4) is 0 Å². The number of fused-ring (bicyclic) bond motifs is 1. The van der Waals surface area contributed by atoms with E-state index in [2.05, 4.69) is 19.9 Å². The number of halogens is 2. The van der Waals surface area contributed by atoms with Gasteiger partial charge >= 0.3 is 0 Å². The number of hydrogen-bond acceptors (Lipinski definition) is 2. The molecule has 158 valence electrons. The highest BCUT2D eigenvalue weighted by molar-refractivity contribution is 6.32. The van der Waals surface area contributed by atoms with Crippen LogP contribution in [0.15, 0.2) is 36.4 Å². The summed E-state index contributed by atoms with van der Waals surface area (Å²) in [6, 6.07) is 12.0. The minimum Gasteiger partial charge on any atom is -0.386 e. The summed E-state index contributed by atoms with van der Waals surface area (Å²) in [5.41, 5.74) is 7.05. The van der Waals surface area contributed by atoms with E-state index in [9.17, 15) is 5.11 Å². The minimum absolute atomic E-state index is 0. The van der Waals surface area contributed by atoms with Crippen molar-refractivity contribution in [3.8, 4) is 0 Å². The van der Waals surface area contributed by atoms with E-state index < -0.39 is 11.6 Å². The van der Waals surface area contributed by atoms with E-state index in [0.717, 1.165) is 42.0 Å². The predicted octanol–water partition coefficient (Wildman–Crippen LogP) is 7.59. The molecule has 0 saturated carbocycles. The average molecular weight is 426 g/mol. The largest absolute Gasteiger partial charge is 0.386 e. The van der Waals surface area contributed by atoms with Crippen LogP contribution in [-0.4, -0.2) is 10.6 Å². The summed E-state index contributed by atoms with van der Waals surface area (Å²) in [5.74, 6) is 0. The van der Waals surface area contributed by atoms with E-state index in [1.807, 2.05) is 30.3 Å². The summed E-state index contributed by atoms with van der Waals surface area (Å²) in [6.45, 7) is 4.43. The van der Waals surface area contributed by atoms with Crippen LogP contribution in [0.4, 0.5) is 0 Å². The van der Waals surface area contributed by atoms with Crippen molar-refractivity contribution in [3.63, 3.8) is 0 Å². The zero-order valence-electron chi connectivity index (χ0n) is 17.4. The Morgan fingerprint density at radius 1 is 0.893 bits per heavy atom. The molecule has 3 N–H and O–H groups in total. The van der Waals surface area contributed by atoms with E-state index in [1.54, 1.807) is 0 Å². The first kappa shape index (κ1) is 25.2. The number of benzene rings is 2. The predicted molar refractivity (Wildman–Crippen MR) is 126 cm³/mol. The molecule has 2 rings (SSSR count). The van der Waals surface area contributed by atoms with Crippen LogP contribution in [0.2, 0.25) is 5.02 Å². The SMILES string of the molecule is CCCCCCC(N)(CCCCCC)C(O)c1c(Cl)ccc2ccccc12.Cl. The molecule has 0 amide bonds. The molecule has 0 aromatic heterocycles. The van der Waals surface area contributed by atoms with E-state index in [0.29, 0.717) is 5.02 Å². The van der Waals surface area contributed by atoms with Crippen LogP contribution >= 0.6 is 24.0 Å². The van der Waals surface area contributed by atoms with Crippen LogP contribution in [0.5, 0.6) is 0 Å². The zero-order valence-corrected chi connectivity index (χ0v) is 19.0. The lowest BCUT2D eigenvalue weighted by Gasteiger charge is -2.36. The molecular formula is C24H37Cl2NO. The Morgan fingerprint density at radius 2 is 1.46 bits per heavy atom. The molecule has 0 aliphatic heterocycles. The molecule has 2 aromatic rings. The number of nitrogens with two attached hydrogens (primary N) is 1. The van der Waals surface area contributed by atoms with Crippen molar-refractivity contribution in [2.45, 2.75) is 89.7 Å². The number of aliphatic hydroxyl groups is 1. The van der Waals surface area contributed by atoms with Gasteiger partial charge in [0.15, 0.2) is 0 Å². The van der Waals surface area contributed by atoms with Gasteiger partial charge in [-0.15, -0.1) is 12.4 Å². The Hall–Kier alpha value is -0.800. The number of hydrogen-bond donors (Lipinski definition) is 2. The molecule has 0 radical (unpaired) electrons. The molecule has 0 heterocycles. The molecular weight excluding hydrogens is 389 g/mol. The first-order chi connectivity index (χ1) is 13.0. The molecule has 0 aliphatic carbocycles. The minimum atomic E-state index is -0.751. The molecule has 0 saturated heterocycles.